The van der Waals surface area contributed by atoms with Gasteiger partial charge in [-0.1, -0.05) is 0 Å². The van der Waals surface area contributed by atoms with Gasteiger partial charge >= 0.3 is 0 Å². The van der Waals surface area contributed by atoms with Crippen molar-refractivity contribution in [3.05, 3.63) is 27.6 Å². The van der Waals surface area contributed by atoms with Crippen molar-refractivity contribution in [2.24, 2.45) is 0 Å². The maximum absolute atomic E-state index is 6.01. The molecule has 4 nitrogen and oxygen atoms in total. The zero-order chi connectivity index (χ0) is 12.4. The molecule has 0 fully saturated rings. The van der Waals surface area contributed by atoms with Crippen LogP contribution in [0.4, 0.5) is 11.5 Å². The normalized spacial score (nSPS) is 10.8. The monoisotopic (exact) mass is 250 g/mol. The number of hydrogen-bond donors (Lipinski definition) is 2. The Morgan fingerprint density at radius 1 is 1.47 bits per heavy atom. The number of nitrogens with one attached hydrogen (secondary N) is 1. The minimum atomic E-state index is 0.751. The Kier molecular flexibility index (Phi) is 3.38. The van der Waals surface area contributed by atoms with Gasteiger partial charge in [0.1, 0.15) is 5.82 Å². The molecule has 0 spiro atoms. The number of nitrogens with two attached hydrogens (primary N) is 1. The summed E-state index contributed by atoms with van der Waals surface area (Å²) in [6.45, 7) is 7.75. The second-order valence-corrected chi connectivity index (χ2v) is 5.04. The van der Waals surface area contributed by atoms with Crippen LogP contribution in [0.25, 0.3) is 0 Å². The van der Waals surface area contributed by atoms with Gasteiger partial charge in [0.15, 0.2) is 0 Å². The topological polar surface area (TPSA) is 55.9 Å². The SMILES string of the molecule is CCn1nc(C)c(N)c1NCc1sccc1C. The second-order valence-electron chi connectivity index (χ2n) is 4.04. The van der Waals surface area contributed by atoms with Crippen LogP contribution in [0.3, 0.4) is 0 Å². The third-order valence-electron chi connectivity index (χ3n) is 2.86. The molecule has 0 aliphatic rings. The van der Waals surface area contributed by atoms with E-state index in [1.54, 1.807) is 11.3 Å². The zero-order valence-corrected chi connectivity index (χ0v) is 11.3. The molecule has 0 aromatic carbocycles. The Balaban J connectivity index is 2.16. The second kappa shape index (κ2) is 4.79. The molecule has 2 heterocycles. The molecular weight excluding hydrogens is 232 g/mol. The van der Waals surface area contributed by atoms with Crippen molar-refractivity contribution >= 4 is 22.8 Å². The summed E-state index contributed by atoms with van der Waals surface area (Å²) in [6.07, 6.45) is 0. The molecule has 0 radical (unpaired) electrons. The maximum atomic E-state index is 6.01. The standard InChI is InChI=1S/C12H18N4S/c1-4-16-12(11(13)9(3)15-16)14-7-10-8(2)5-6-17-10/h5-6,14H,4,7,13H2,1-3H3. The number of nitrogen functional groups attached to an aromatic ring is 1. The Labute approximate surface area is 105 Å². The van der Waals surface area contributed by atoms with E-state index in [0.29, 0.717) is 0 Å². The molecular formula is C12H18N4S. The van der Waals surface area contributed by atoms with Gasteiger partial charge in [-0.3, -0.25) is 0 Å². The fourth-order valence-electron chi connectivity index (χ4n) is 1.76. The third kappa shape index (κ3) is 2.29. The summed E-state index contributed by atoms with van der Waals surface area (Å²) >= 11 is 1.76. The molecule has 0 saturated heterocycles. The summed E-state index contributed by atoms with van der Waals surface area (Å²) in [5.74, 6) is 0.929. The van der Waals surface area contributed by atoms with E-state index in [1.807, 2.05) is 11.6 Å². The van der Waals surface area contributed by atoms with Crippen molar-refractivity contribution in [2.75, 3.05) is 11.1 Å². The first-order valence-corrected chi connectivity index (χ1v) is 6.61. The van der Waals surface area contributed by atoms with E-state index in [2.05, 4.69) is 35.7 Å². The van der Waals surface area contributed by atoms with Crippen LogP contribution in [0, 0.1) is 13.8 Å². The highest BCUT2D eigenvalue weighted by Crippen LogP contribution is 2.24. The predicted octanol–water partition coefficient (Wildman–Crippen LogP) is 2.78. The average Bonchev–Trinajstić information content (AvgIpc) is 2.83. The molecule has 0 saturated carbocycles. The summed E-state index contributed by atoms with van der Waals surface area (Å²) in [6, 6.07) is 2.13. The molecule has 3 N–H and O–H groups in total. The number of aryl methyl sites for hydroxylation is 3. The highest BCUT2D eigenvalue weighted by Gasteiger charge is 2.11. The molecule has 92 valence electrons. The Morgan fingerprint density at radius 3 is 2.82 bits per heavy atom. The van der Waals surface area contributed by atoms with Gasteiger partial charge in [0.2, 0.25) is 0 Å². The highest BCUT2D eigenvalue weighted by atomic mass is 32.1. The fourth-order valence-corrected chi connectivity index (χ4v) is 2.61. The maximum Gasteiger partial charge on any atom is 0.148 e. The molecule has 17 heavy (non-hydrogen) atoms. The van der Waals surface area contributed by atoms with Crippen molar-refractivity contribution in [1.29, 1.82) is 0 Å². The van der Waals surface area contributed by atoms with Crippen molar-refractivity contribution in [1.82, 2.24) is 9.78 Å². The van der Waals surface area contributed by atoms with Gasteiger partial charge < -0.3 is 11.1 Å². The predicted molar refractivity (Wildman–Crippen MR) is 73.4 cm³/mol. The summed E-state index contributed by atoms with van der Waals surface area (Å²) < 4.78 is 1.91. The van der Waals surface area contributed by atoms with Crippen LogP contribution < -0.4 is 11.1 Å². The molecule has 0 atom stereocenters. The lowest BCUT2D eigenvalue weighted by Gasteiger charge is -2.08. The van der Waals surface area contributed by atoms with Crippen LogP contribution in [0.2, 0.25) is 0 Å². The van der Waals surface area contributed by atoms with Gasteiger partial charge in [-0.15, -0.1) is 11.3 Å². The van der Waals surface area contributed by atoms with Crippen molar-refractivity contribution in [2.45, 2.75) is 33.9 Å². The molecule has 0 amide bonds. The molecule has 0 aliphatic heterocycles. The van der Waals surface area contributed by atoms with Crippen molar-refractivity contribution in [3.8, 4) is 0 Å². The number of aromatic nitrogens is 2. The number of rotatable bonds is 4. The smallest absolute Gasteiger partial charge is 0.148 e. The van der Waals surface area contributed by atoms with E-state index in [4.69, 9.17) is 5.73 Å². The van der Waals surface area contributed by atoms with Crippen LogP contribution in [0.1, 0.15) is 23.1 Å². The largest absolute Gasteiger partial charge is 0.394 e. The first kappa shape index (κ1) is 12.0. The Hall–Kier alpha value is -1.49. The average molecular weight is 250 g/mol. The quantitative estimate of drug-likeness (QED) is 0.877. The summed E-state index contributed by atoms with van der Waals surface area (Å²) in [5, 5.41) is 9.88. The van der Waals surface area contributed by atoms with Crippen molar-refractivity contribution < 1.29 is 0 Å². The molecule has 2 rings (SSSR count). The number of thiophene rings is 1. The summed E-state index contributed by atoms with van der Waals surface area (Å²) in [4.78, 5) is 1.34. The number of hydrogen-bond acceptors (Lipinski definition) is 4. The Morgan fingerprint density at radius 2 is 2.24 bits per heavy atom. The zero-order valence-electron chi connectivity index (χ0n) is 10.4. The molecule has 0 aliphatic carbocycles. The molecule has 0 bridgehead atoms. The lowest BCUT2D eigenvalue weighted by molar-refractivity contribution is 0.657. The third-order valence-corrected chi connectivity index (χ3v) is 3.88. The molecule has 0 unspecified atom stereocenters. The minimum absolute atomic E-state index is 0.751. The molecule has 2 aromatic rings. The molecule has 5 heteroatoms. The van der Waals surface area contributed by atoms with Gasteiger partial charge in [0.05, 0.1) is 17.9 Å². The summed E-state index contributed by atoms with van der Waals surface area (Å²) in [7, 11) is 0. The van der Waals surface area contributed by atoms with E-state index in [9.17, 15) is 0 Å². The highest BCUT2D eigenvalue weighted by molar-refractivity contribution is 7.10. The minimum Gasteiger partial charge on any atom is -0.394 e. The van der Waals surface area contributed by atoms with E-state index in [-0.39, 0.29) is 0 Å². The van der Waals surface area contributed by atoms with Crippen LogP contribution in [0.5, 0.6) is 0 Å². The van der Waals surface area contributed by atoms with E-state index in [0.717, 1.165) is 30.3 Å². The van der Waals surface area contributed by atoms with E-state index < -0.39 is 0 Å². The first-order valence-electron chi connectivity index (χ1n) is 5.73. The van der Waals surface area contributed by atoms with Crippen molar-refractivity contribution in [3.63, 3.8) is 0 Å². The van der Waals surface area contributed by atoms with Gasteiger partial charge in [-0.25, -0.2) is 4.68 Å². The van der Waals surface area contributed by atoms with Gasteiger partial charge in [-0.2, -0.15) is 5.10 Å². The Bertz CT molecular complexity index is 513. The van der Waals surface area contributed by atoms with Gasteiger partial charge in [-0.05, 0) is 37.8 Å². The number of nitrogens with zero attached hydrogens (tertiary/aromatic N) is 2. The van der Waals surface area contributed by atoms with E-state index in [1.165, 1.54) is 10.4 Å². The van der Waals surface area contributed by atoms with Crippen LogP contribution >= 0.6 is 11.3 Å². The van der Waals surface area contributed by atoms with E-state index >= 15 is 0 Å². The number of anilines is 2. The van der Waals surface area contributed by atoms with Gasteiger partial charge in [0.25, 0.3) is 0 Å². The van der Waals surface area contributed by atoms with Crippen LogP contribution in [-0.4, -0.2) is 9.78 Å². The fraction of sp³-hybridized carbons (Fsp3) is 0.417. The molecule has 2 aromatic heterocycles. The van der Waals surface area contributed by atoms with Crippen LogP contribution in [-0.2, 0) is 13.1 Å². The summed E-state index contributed by atoms with van der Waals surface area (Å²) in [5.41, 5.74) is 8.97. The first-order chi connectivity index (χ1) is 8.13. The lowest BCUT2D eigenvalue weighted by atomic mass is 10.3. The lowest BCUT2D eigenvalue weighted by Crippen LogP contribution is -2.08. The van der Waals surface area contributed by atoms with Crippen LogP contribution in [0.15, 0.2) is 11.4 Å². The van der Waals surface area contributed by atoms with Gasteiger partial charge in [0, 0.05) is 11.4 Å².